The number of carbonyl (C=O) groups is 1. The molecule has 6 heteroatoms. The van der Waals surface area contributed by atoms with Gasteiger partial charge < -0.3 is 10.2 Å². The van der Waals surface area contributed by atoms with E-state index in [4.69, 9.17) is 0 Å². The molecule has 0 spiro atoms. The highest BCUT2D eigenvalue weighted by Gasteiger charge is 2.22. The molecule has 104 valence electrons. The van der Waals surface area contributed by atoms with Gasteiger partial charge in [-0.05, 0) is 25.5 Å². The van der Waals surface area contributed by atoms with E-state index in [2.05, 4.69) is 5.32 Å². The van der Waals surface area contributed by atoms with Crippen LogP contribution in [0.3, 0.4) is 0 Å². The molecule has 1 N–H and O–H groups in total. The number of nitrogens with one attached hydrogen (secondary N) is 1. The highest BCUT2D eigenvalue weighted by atomic mass is 16.6. The molecule has 6 nitrogen and oxygen atoms in total. The van der Waals surface area contributed by atoms with Crippen LogP contribution in [0, 0.1) is 10.1 Å². The number of nitro groups is 1. The molecule has 0 saturated heterocycles. The Morgan fingerprint density at radius 1 is 1.42 bits per heavy atom. The Hall–Kier alpha value is -2.11. The van der Waals surface area contributed by atoms with Gasteiger partial charge >= 0.3 is 0 Å². The Balaban J connectivity index is 3.16. The van der Waals surface area contributed by atoms with Gasteiger partial charge in [0.1, 0.15) is 5.56 Å². The van der Waals surface area contributed by atoms with Gasteiger partial charge in [0.25, 0.3) is 11.6 Å². The first-order valence-corrected chi connectivity index (χ1v) is 6.29. The molecule has 0 aromatic heterocycles. The first-order valence-electron chi connectivity index (χ1n) is 6.29. The maximum atomic E-state index is 12.2. The number of nitro benzene ring substituents is 1. The summed E-state index contributed by atoms with van der Waals surface area (Å²) < 4.78 is 0. The van der Waals surface area contributed by atoms with E-state index in [1.165, 1.54) is 17.0 Å². The monoisotopic (exact) mass is 265 g/mol. The van der Waals surface area contributed by atoms with Gasteiger partial charge in [0.15, 0.2) is 0 Å². The van der Waals surface area contributed by atoms with E-state index in [1.54, 1.807) is 13.1 Å². The van der Waals surface area contributed by atoms with Gasteiger partial charge in [0.05, 0.1) is 4.92 Å². The number of hydrogen-bond donors (Lipinski definition) is 1. The van der Waals surface area contributed by atoms with E-state index in [-0.39, 0.29) is 17.2 Å². The van der Waals surface area contributed by atoms with Gasteiger partial charge in [-0.1, -0.05) is 6.92 Å². The summed E-state index contributed by atoms with van der Waals surface area (Å²) in [5.74, 6) is -0.326. The summed E-state index contributed by atoms with van der Waals surface area (Å²) in [6.45, 7) is 5.14. The first-order chi connectivity index (χ1) is 9.01. The van der Waals surface area contributed by atoms with Gasteiger partial charge in [-0.3, -0.25) is 14.9 Å². The Labute approximate surface area is 112 Å². The van der Waals surface area contributed by atoms with Crippen LogP contribution in [0.4, 0.5) is 11.4 Å². The second kappa shape index (κ2) is 6.72. The largest absolute Gasteiger partial charge is 0.385 e. The van der Waals surface area contributed by atoms with Crippen molar-refractivity contribution in [2.45, 2.75) is 20.3 Å². The quantitative estimate of drug-likeness (QED) is 0.633. The van der Waals surface area contributed by atoms with Crippen LogP contribution in [0.5, 0.6) is 0 Å². The van der Waals surface area contributed by atoms with E-state index < -0.39 is 4.92 Å². The maximum absolute atomic E-state index is 12.2. The molecule has 0 fully saturated rings. The van der Waals surface area contributed by atoms with E-state index in [9.17, 15) is 14.9 Å². The molecule has 0 aliphatic rings. The standard InChI is InChI=1S/C13H19N3O3/c1-4-8-15(3)13(17)11-9-10(14-5-2)6-7-12(11)16(18)19/h6-7,9,14H,4-5,8H2,1-3H3. The number of anilines is 1. The van der Waals surface area contributed by atoms with Crippen LogP contribution < -0.4 is 5.32 Å². The molecular formula is C13H19N3O3. The van der Waals surface area contributed by atoms with E-state index in [0.717, 1.165) is 6.42 Å². The average molecular weight is 265 g/mol. The van der Waals surface area contributed by atoms with Crippen molar-refractivity contribution >= 4 is 17.3 Å². The van der Waals surface area contributed by atoms with Crippen molar-refractivity contribution in [1.29, 1.82) is 0 Å². The molecular weight excluding hydrogens is 246 g/mol. The molecule has 0 atom stereocenters. The van der Waals surface area contributed by atoms with E-state index >= 15 is 0 Å². The lowest BCUT2D eigenvalue weighted by Crippen LogP contribution is -2.28. The Morgan fingerprint density at radius 2 is 2.11 bits per heavy atom. The summed E-state index contributed by atoms with van der Waals surface area (Å²) >= 11 is 0. The normalized spacial score (nSPS) is 10.1. The van der Waals surface area contributed by atoms with Crippen LogP contribution in [0.2, 0.25) is 0 Å². The maximum Gasteiger partial charge on any atom is 0.282 e. The number of benzene rings is 1. The molecule has 0 aliphatic heterocycles. The minimum atomic E-state index is -0.525. The number of carbonyl (C=O) groups excluding carboxylic acids is 1. The van der Waals surface area contributed by atoms with Crippen LogP contribution >= 0.6 is 0 Å². The third kappa shape index (κ3) is 3.67. The van der Waals surface area contributed by atoms with Crippen molar-refractivity contribution in [1.82, 2.24) is 4.90 Å². The Bertz CT molecular complexity index is 474. The fourth-order valence-corrected chi connectivity index (χ4v) is 1.82. The van der Waals surface area contributed by atoms with Gasteiger partial charge in [0.2, 0.25) is 0 Å². The van der Waals surface area contributed by atoms with Crippen molar-refractivity contribution in [2.75, 3.05) is 25.5 Å². The number of rotatable bonds is 6. The molecule has 0 unspecified atom stereocenters. The number of amides is 1. The molecule has 1 aromatic carbocycles. The molecule has 0 heterocycles. The Morgan fingerprint density at radius 3 is 2.63 bits per heavy atom. The highest BCUT2D eigenvalue weighted by molar-refractivity contribution is 5.99. The van der Waals surface area contributed by atoms with Crippen LogP contribution in [0.15, 0.2) is 18.2 Å². The van der Waals surface area contributed by atoms with Gasteiger partial charge in [-0.15, -0.1) is 0 Å². The predicted octanol–water partition coefficient (Wildman–Crippen LogP) is 2.51. The van der Waals surface area contributed by atoms with Crippen LogP contribution in [-0.4, -0.2) is 35.9 Å². The van der Waals surface area contributed by atoms with Gasteiger partial charge in [0, 0.05) is 31.9 Å². The molecule has 0 saturated carbocycles. The van der Waals surface area contributed by atoms with Crippen molar-refractivity contribution < 1.29 is 9.72 Å². The minimum Gasteiger partial charge on any atom is -0.385 e. The SMILES string of the molecule is CCCN(C)C(=O)c1cc(NCC)ccc1[N+](=O)[O-]. The summed E-state index contributed by atoms with van der Waals surface area (Å²) in [4.78, 5) is 24.2. The molecule has 19 heavy (non-hydrogen) atoms. The molecule has 1 rings (SSSR count). The van der Waals surface area contributed by atoms with Crippen molar-refractivity contribution in [2.24, 2.45) is 0 Å². The zero-order valence-corrected chi connectivity index (χ0v) is 11.5. The zero-order valence-electron chi connectivity index (χ0n) is 11.5. The van der Waals surface area contributed by atoms with Crippen molar-refractivity contribution in [3.05, 3.63) is 33.9 Å². The topological polar surface area (TPSA) is 75.5 Å². The molecule has 1 amide bonds. The minimum absolute atomic E-state index is 0.124. The highest BCUT2D eigenvalue weighted by Crippen LogP contribution is 2.24. The molecule has 0 bridgehead atoms. The van der Waals surface area contributed by atoms with Gasteiger partial charge in [-0.25, -0.2) is 0 Å². The third-order valence-corrected chi connectivity index (χ3v) is 2.71. The van der Waals surface area contributed by atoms with Gasteiger partial charge in [-0.2, -0.15) is 0 Å². The lowest BCUT2D eigenvalue weighted by Gasteiger charge is -2.16. The number of hydrogen-bond acceptors (Lipinski definition) is 4. The average Bonchev–Trinajstić information content (AvgIpc) is 2.38. The lowest BCUT2D eigenvalue weighted by atomic mass is 10.1. The third-order valence-electron chi connectivity index (χ3n) is 2.71. The second-order valence-corrected chi connectivity index (χ2v) is 4.25. The fourth-order valence-electron chi connectivity index (χ4n) is 1.82. The first kappa shape index (κ1) is 14.9. The Kier molecular flexibility index (Phi) is 5.29. The van der Waals surface area contributed by atoms with Crippen molar-refractivity contribution in [3.8, 4) is 0 Å². The van der Waals surface area contributed by atoms with Crippen LogP contribution in [0.1, 0.15) is 30.6 Å². The van der Waals surface area contributed by atoms with Crippen molar-refractivity contribution in [3.63, 3.8) is 0 Å². The predicted molar refractivity (Wildman–Crippen MR) is 74.5 cm³/mol. The smallest absolute Gasteiger partial charge is 0.282 e. The fraction of sp³-hybridized carbons (Fsp3) is 0.462. The lowest BCUT2D eigenvalue weighted by molar-refractivity contribution is -0.385. The summed E-state index contributed by atoms with van der Waals surface area (Å²) in [5, 5.41) is 14.0. The summed E-state index contributed by atoms with van der Waals surface area (Å²) in [6, 6.07) is 4.51. The summed E-state index contributed by atoms with van der Waals surface area (Å²) in [6.07, 6.45) is 0.808. The van der Waals surface area contributed by atoms with E-state index in [1.807, 2.05) is 13.8 Å². The van der Waals surface area contributed by atoms with Crippen LogP contribution in [0.25, 0.3) is 0 Å². The summed E-state index contributed by atoms with van der Waals surface area (Å²) in [5.41, 5.74) is 0.676. The van der Waals surface area contributed by atoms with Crippen LogP contribution in [-0.2, 0) is 0 Å². The molecule has 1 aromatic rings. The zero-order chi connectivity index (χ0) is 14.4. The second-order valence-electron chi connectivity index (χ2n) is 4.25. The summed E-state index contributed by atoms with van der Waals surface area (Å²) in [7, 11) is 1.65. The molecule has 0 aliphatic carbocycles. The number of nitrogens with zero attached hydrogens (tertiary/aromatic N) is 2. The van der Waals surface area contributed by atoms with E-state index in [0.29, 0.717) is 18.8 Å². The molecule has 0 radical (unpaired) electrons.